The summed E-state index contributed by atoms with van der Waals surface area (Å²) in [4.78, 5) is 18.8. The first-order valence-electron chi connectivity index (χ1n) is 8.29. The molecule has 1 aliphatic rings. The lowest BCUT2D eigenvalue weighted by Gasteiger charge is -2.30. The minimum atomic E-state index is -0.165. The van der Waals surface area contributed by atoms with E-state index in [1.165, 1.54) is 0 Å². The van der Waals surface area contributed by atoms with Gasteiger partial charge in [0.2, 0.25) is 0 Å². The van der Waals surface area contributed by atoms with Gasteiger partial charge in [-0.25, -0.2) is 10.0 Å². The Labute approximate surface area is 156 Å². The Morgan fingerprint density at radius 2 is 1.65 bits per heavy atom. The normalized spacial score (nSPS) is 16.1. The Kier molecular flexibility index (Phi) is 4.37. The molecular formula is C21H17N3OS. The highest BCUT2D eigenvalue weighted by atomic mass is 32.1. The third kappa shape index (κ3) is 3.05. The molecule has 4 nitrogen and oxygen atoms in total. The second kappa shape index (κ2) is 6.98. The van der Waals surface area contributed by atoms with E-state index in [0.717, 1.165) is 21.7 Å². The molecule has 1 N–H and O–H groups in total. The Bertz CT molecular complexity index is 977. The second-order valence-electron chi connectivity index (χ2n) is 5.87. The van der Waals surface area contributed by atoms with Gasteiger partial charge in [0.1, 0.15) is 5.70 Å². The van der Waals surface area contributed by atoms with E-state index in [4.69, 9.17) is 0 Å². The maximum Gasteiger partial charge on any atom is 0.295 e. The number of amidine groups is 1. The molecule has 2 aromatic carbocycles. The number of hydrazine groups is 1. The molecular weight excluding hydrogens is 342 g/mol. The van der Waals surface area contributed by atoms with Gasteiger partial charge in [-0.1, -0.05) is 54.6 Å². The van der Waals surface area contributed by atoms with Crippen LogP contribution < -0.4 is 10.4 Å². The number of hydrogen-bond acceptors (Lipinski definition) is 4. The fourth-order valence-corrected chi connectivity index (χ4v) is 3.52. The van der Waals surface area contributed by atoms with Crippen molar-refractivity contribution >= 4 is 34.3 Å². The van der Waals surface area contributed by atoms with Crippen LogP contribution in [0.5, 0.6) is 0 Å². The van der Waals surface area contributed by atoms with Crippen LogP contribution in [-0.2, 0) is 4.79 Å². The van der Waals surface area contributed by atoms with Crippen molar-refractivity contribution in [1.29, 1.82) is 0 Å². The lowest BCUT2D eigenvalue weighted by molar-refractivity contribution is -0.115. The van der Waals surface area contributed by atoms with E-state index in [1.807, 2.05) is 85.1 Å². The minimum absolute atomic E-state index is 0.165. The van der Waals surface area contributed by atoms with Crippen LogP contribution >= 0.6 is 11.3 Å². The van der Waals surface area contributed by atoms with Crippen LogP contribution in [0, 0.1) is 0 Å². The van der Waals surface area contributed by atoms with Crippen molar-refractivity contribution in [2.45, 2.75) is 6.92 Å². The Balaban J connectivity index is 1.86. The van der Waals surface area contributed by atoms with Crippen LogP contribution in [0.1, 0.15) is 17.4 Å². The third-order valence-electron chi connectivity index (χ3n) is 4.15. The number of carbonyl (C=O) groups is 1. The molecule has 0 fully saturated rings. The molecule has 0 radical (unpaired) electrons. The summed E-state index contributed by atoms with van der Waals surface area (Å²) in [5.74, 6) is 0.488. The highest BCUT2D eigenvalue weighted by Crippen LogP contribution is 2.28. The van der Waals surface area contributed by atoms with E-state index in [2.05, 4.69) is 10.4 Å². The molecule has 0 unspecified atom stereocenters. The summed E-state index contributed by atoms with van der Waals surface area (Å²) in [6.07, 6.45) is 0. The van der Waals surface area contributed by atoms with Gasteiger partial charge in [0.15, 0.2) is 5.84 Å². The van der Waals surface area contributed by atoms with E-state index < -0.39 is 0 Å². The highest BCUT2D eigenvalue weighted by Gasteiger charge is 2.29. The zero-order valence-electron chi connectivity index (χ0n) is 14.2. The monoisotopic (exact) mass is 359 g/mol. The zero-order chi connectivity index (χ0) is 17.9. The summed E-state index contributed by atoms with van der Waals surface area (Å²) >= 11 is 1.60. The molecule has 4 rings (SSSR count). The molecule has 0 bridgehead atoms. The lowest BCUT2D eigenvalue weighted by atomic mass is 10.1. The van der Waals surface area contributed by atoms with Crippen LogP contribution in [0.4, 0.5) is 5.69 Å². The average Bonchev–Trinajstić information content (AvgIpc) is 3.24. The lowest BCUT2D eigenvalue weighted by Crippen LogP contribution is -2.50. The number of amides is 1. The standard InChI is InChI=1S/C21H17N3OS/c1-15(18-13-8-14-26-18)19-21(25)24(17-11-6-3-7-12-17)23-20(22-19)16-9-4-2-5-10-16/h2-14H,1H3,(H,22,23)/b19-15+. The number of carbonyl (C=O) groups excluding carboxylic acids is 1. The second-order valence-corrected chi connectivity index (χ2v) is 6.81. The van der Waals surface area contributed by atoms with Crippen molar-refractivity contribution < 1.29 is 4.79 Å². The average molecular weight is 359 g/mol. The number of nitrogens with zero attached hydrogens (tertiary/aromatic N) is 2. The molecule has 1 amide bonds. The molecule has 2 heterocycles. The van der Waals surface area contributed by atoms with Crippen LogP contribution in [0.25, 0.3) is 5.57 Å². The number of rotatable bonds is 3. The maximum atomic E-state index is 13.1. The smallest absolute Gasteiger partial charge is 0.274 e. The molecule has 0 atom stereocenters. The van der Waals surface area contributed by atoms with Gasteiger partial charge >= 0.3 is 0 Å². The minimum Gasteiger partial charge on any atom is -0.274 e. The Morgan fingerprint density at radius 3 is 2.31 bits per heavy atom. The van der Waals surface area contributed by atoms with Crippen molar-refractivity contribution in [3.8, 4) is 0 Å². The summed E-state index contributed by atoms with van der Waals surface area (Å²) in [6.45, 7) is 1.94. The summed E-state index contributed by atoms with van der Waals surface area (Å²) < 4.78 is 0. The van der Waals surface area contributed by atoms with Gasteiger partial charge in [-0.15, -0.1) is 11.3 Å². The summed E-state index contributed by atoms with van der Waals surface area (Å²) in [6, 6.07) is 23.4. The van der Waals surface area contributed by atoms with E-state index >= 15 is 0 Å². The summed E-state index contributed by atoms with van der Waals surface area (Å²) in [7, 11) is 0. The van der Waals surface area contributed by atoms with E-state index in [-0.39, 0.29) is 5.91 Å². The number of hydrogen-bond donors (Lipinski definition) is 1. The molecule has 0 saturated carbocycles. The molecule has 1 aromatic heterocycles. The number of thiophene rings is 1. The van der Waals surface area contributed by atoms with Crippen LogP contribution in [0.2, 0.25) is 0 Å². The first-order chi connectivity index (χ1) is 12.7. The van der Waals surface area contributed by atoms with Gasteiger partial charge in [-0.05, 0) is 36.1 Å². The predicted molar refractivity (Wildman–Crippen MR) is 107 cm³/mol. The van der Waals surface area contributed by atoms with Crippen LogP contribution in [0.3, 0.4) is 0 Å². The number of aliphatic imine (C=N–C) groups is 1. The molecule has 5 heteroatoms. The molecule has 128 valence electrons. The quantitative estimate of drug-likeness (QED) is 0.701. The zero-order valence-corrected chi connectivity index (χ0v) is 15.0. The topological polar surface area (TPSA) is 44.7 Å². The van der Waals surface area contributed by atoms with Crippen LogP contribution in [0.15, 0.2) is 88.9 Å². The van der Waals surface area contributed by atoms with Crippen LogP contribution in [-0.4, -0.2) is 11.7 Å². The van der Waals surface area contributed by atoms with Gasteiger partial charge in [0, 0.05) is 10.4 Å². The predicted octanol–water partition coefficient (Wildman–Crippen LogP) is 4.48. The summed E-state index contributed by atoms with van der Waals surface area (Å²) in [5, 5.41) is 3.56. The summed E-state index contributed by atoms with van der Waals surface area (Å²) in [5.41, 5.74) is 6.20. The molecule has 26 heavy (non-hydrogen) atoms. The largest absolute Gasteiger partial charge is 0.295 e. The number of nitrogens with one attached hydrogen (secondary N) is 1. The highest BCUT2D eigenvalue weighted by molar-refractivity contribution is 7.11. The SMILES string of the molecule is C/C(=C1\N=C(c2ccccc2)NN(c2ccccc2)C1=O)c1cccs1. The van der Waals surface area contributed by atoms with E-state index in [1.54, 1.807) is 16.3 Å². The van der Waals surface area contributed by atoms with E-state index in [9.17, 15) is 4.79 Å². The van der Waals surface area contributed by atoms with Crippen molar-refractivity contribution in [2.75, 3.05) is 5.01 Å². The molecule has 0 saturated heterocycles. The fourth-order valence-electron chi connectivity index (χ4n) is 2.78. The van der Waals surface area contributed by atoms with Crippen molar-refractivity contribution in [3.05, 3.63) is 94.3 Å². The van der Waals surface area contributed by atoms with Crippen molar-refractivity contribution in [3.63, 3.8) is 0 Å². The van der Waals surface area contributed by atoms with Gasteiger partial charge in [0.25, 0.3) is 5.91 Å². The first kappa shape index (κ1) is 16.3. The number of anilines is 1. The molecule has 1 aliphatic heterocycles. The van der Waals surface area contributed by atoms with E-state index in [0.29, 0.717) is 11.5 Å². The molecule has 0 aliphatic carbocycles. The van der Waals surface area contributed by atoms with Gasteiger partial charge < -0.3 is 0 Å². The molecule has 3 aromatic rings. The first-order valence-corrected chi connectivity index (χ1v) is 9.17. The maximum absolute atomic E-state index is 13.1. The molecule has 0 spiro atoms. The Hall–Kier alpha value is -3.18. The Morgan fingerprint density at radius 1 is 0.962 bits per heavy atom. The number of para-hydroxylation sites is 1. The fraction of sp³-hybridized carbons (Fsp3) is 0.0476. The number of allylic oxidation sites excluding steroid dienone is 1. The van der Waals surface area contributed by atoms with Crippen molar-refractivity contribution in [2.24, 2.45) is 4.99 Å². The van der Waals surface area contributed by atoms with Gasteiger partial charge in [-0.3, -0.25) is 10.2 Å². The number of benzene rings is 2. The third-order valence-corrected chi connectivity index (χ3v) is 5.14. The van der Waals surface area contributed by atoms with Gasteiger partial charge in [0.05, 0.1) is 5.69 Å². The van der Waals surface area contributed by atoms with Gasteiger partial charge in [-0.2, -0.15) is 0 Å². The van der Waals surface area contributed by atoms with Crippen molar-refractivity contribution in [1.82, 2.24) is 5.43 Å².